The first kappa shape index (κ1) is 14.8. The molecule has 1 heterocycles. The van der Waals surface area contributed by atoms with Crippen molar-refractivity contribution < 1.29 is 14.7 Å². The van der Waals surface area contributed by atoms with Gasteiger partial charge in [-0.25, -0.2) is 9.59 Å². The summed E-state index contributed by atoms with van der Waals surface area (Å²) in [5, 5.41) is 11.8. The quantitative estimate of drug-likeness (QED) is 0.809. The molecule has 1 unspecified atom stereocenters. The Morgan fingerprint density at radius 3 is 2.61 bits per heavy atom. The lowest BCUT2D eigenvalue weighted by Gasteiger charge is -2.34. The third-order valence-corrected chi connectivity index (χ3v) is 3.82. The standard InChI is InChI=1S/C13H24N2O3/c1-4-9(2)11(12(16)17)14-13(18)15-8-6-5-7-10(15)3/h9-11H,4-8H2,1-3H3,(H,14,18)(H,16,17)/t9-,10?,11-/m0/s1. The van der Waals surface area contributed by atoms with Gasteiger partial charge in [-0.3, -0.25) is 0 Å². The number of nitrogens with one attached hydrogen (secondary N) is 1. The molecule has 104 valence electrons. The first-order valence-electron chi connectivity index (χ1n) is 6.77. The molecule has 0 aromatic rings. The Morgan fingerprint density at radius 2 is 2.11 bits per heavy atom. The van der Waals surface area contributed by atoms with Gasteiger partial charge < -0.3 is 15.3 Å². The Kier molecular flexibility index (Phi) is 5.44. The number of hydrogen-bond donors (Lipinski definition) is 2. The van der Waals surface area contributed by atoms with Crippen LogP contribution >= 0.6 is 0 Å². The molecule has 1 fully saturated rings. The maximum Gasteiger partial charge on any atom is 0.326 e. The number of likely N-dealkylation sites (tertiary alicyclic amines) is 1. The number of nitrogens with zero attached hydrogens (tertiary/aromatic N) is 1. The smallest absolute Gasteiger partial charge is 0.326 e. The van der Waals surface area contributed by atoms with Crippen molar-refractivity contribution >= 4 is 12.0 Å². The lowest BCUT2D eigenvalue weighted by atomic mass is 9.99. The van der Waals surface area contributed by atoms with E-state index in [-0.39, 0.29) is 18.0 Å². The van der Waals surface area contributed by atoms with E-state index < -0.39 is 12.0 Å². The van der Waals surface area contributed by atoms with E-state index in [1.165, 1.54) is 0 Å². The Bertz CT molecular complexity index is 307. The average Bonchev–Trinajstić information content (AvgIpc) is 2.35. The van der Waals surface area contributed by atoms with E-state index >= 15 is 0 Å². The molecule has 2 amide bonds. The molecule has 2 N–H and O–H groups in total. The second-order valence-corrected chi connectivity index (χ2v) is 5.19. The molecule has 1 rings (SSSR count). The molecule has 0 radical (unpaired) electrons. The van der Waals surface area contributed by atoms with Crippen molar-refractivity contribution in [2.45, 2.75) is 58.5 Å². The highest BCUT2D eigenvalue weighted by Crippen LogP contribution is 2.17. The van der Waals surface area contributed by atoms with Crippen LogP contribution in [0.25, 0.3) is 0 Å². The zero-order valence-corrected chi connectivity index (χ0v) is 11.5. The summed E-state index contributed by atoms with van der Waals surface area (Å²) in [7, 11) is 0. The zero-order valence-electron chi connectivity index (χ0n) is 11.5. The summed E-state index contributed by atoms with van der Waals surface area (Å²) in [4.78, 5) is 25.0. The van der Waals surface area contributed by atoms with E-state index in [0.717, 1.165) is 32.2 Å². The molecule has 0 aromatic carbocycles. The van der Waals surface area contributed by atoms with E-state index in [1.807, 2.05) is 20.8 Å². The van der Waals surface area contributed by atoms with Crippen LogP contribution < -0.4 is 5.32 Å². The third-order valence-electron chi connectivity index (χ3n) is 3.82. The number of amides is 2. The fraction of sp³-hybridized carbons (Fsp3) is 0.846. The van der Waals surface area contributed by atoms with Gasteiger partial charge in [0.05, 0.1) is 0 Å². The normalized spacial score (nSPS) is 23.3. The monoisotopic (exact) mass is 256 g/mol. The van der Waals surface area contributed by atoms with Crippen molar-refractivity contribution in [1.29, 1.82) is 0 Å². The summed E-state index contributed by atoms with van der Waals surface area (Å²) in [6.45, 7) is 6.51. The number of hydrogen-bond acceptors (Lipinski definition) is 2. The van der Waals surface area contributed by atoms with Crippen molar-refractivity contribution in [3.8, 4) is 0 Å². The maximum absolute atomic E-state index is 12.1. The minimum Gasteiger partial charge on any atom is -0.480 e. The topological polar surface area (TPSA) is 69.6 Å². The van der Waals surface area contributed by atoms with Gasteiger partial charge in [-0.1, -0.05) is 20.3 Å². The summed E-state index contributed by atoms with van der Waals surface area (Å²) in [6, 6.07) is -0.836. The Hall–Kier alpha value is -1.26. The predicted molar refractivity (Wildman–Crippen MR) is 69.4 cm³/mol. The number of carbonyl (C=O) groups excluding carboxylic acids is 1. The molecule has 0 saturated carbocycles. The highest BCUT2D eigenvalue weighted by molar-refractivity contribution is 5.83. The zero-order chi connectivity index (χ0) is 13.7. The van der Waals surface area contributed by atoms with Crippen LogP contribution in [0.3, 0.4) is 0 Å². The van der Waals surface area contributed by atoms with E-state index in [2.05, 4.69) is 5.32 Å². The van der Waals surface area contributed by atoms with Crippen LogP contribution in [0.5, 0.6) is 0 Å². The van der Waals surface area contributed by atoms with Crippen LogP contribution in [0.15, 0.2) is 0 Å². The van der Waals surface area contributed by atoms with Gasteiger partial charge in [-0.05, 0) is 32.1 Å². The minimum absolute atomic E-state index is 0.0634. The van der Waals surface area contributed by atoms with Gasteiger partial charge in [0.15, 0.2) is 0 Å². The van der Waals surface area contributed by atoms with Crippen molar-refractivity contribution in [3.05, 3.63) is 0 Å². The Balaban J connectivity index is 2.63. The van der Waals surface area contributed by atoms with Crippen LogP contribution in [0.4, 0.5) is 4.79 Å². The number of urea groups is 1. The fourth-order valence-corrected chi connectivity index (χ4v) is 2.30. The van der Waals surface area contributed by atoms with Crippen LogP contribution in [0.1, 0.15) is 46.5 Å². The average molecular weight is 256 g/mol. The number of aliphatic carboxylic acids is 1. The molecule has 0 bridgehead atoms. The van der Waals surface area contributed by atoms with Gasteiger partial charge in [-0.2, -0.15) is 0 Å². The third kappa shape index (κ3) is 3.62. The summed E-state index contributed by atoms with van der Waals surface area (Å²) in [5.41, 5.74) is 0. The highest BCUT2D eigenvalue weighted by Gasteiger charge is 2.29. The number of rotatable bonds is 4. The summed E-state index contributed by atoms with van der Waals surface area (Å²) < 4.78 is 0. The van der Waals surface area contributed by atoms with Gasteiger partial charge in [0.25, 0.3) is 0 Å². The first-order chi connectivity index (χ1) is 8.47. The molecular weight excluding hydrogens is 232 g/mol. The van der Waals surface area contributed by atoms with Crippen LogP contribution in [-0.4, -0.2) is 40.6 Å². The largest absolute Gasteiger partial charge is 0.480 e. The number of carboxylic acid groups (broad SMARTS) is 1. The van der Waals surface area contributed by atoms with E-state index in [0.29, 0.717) is 0 Å². The molecule has 1 saturated heterocycles. The second kappa shape index (κ2) is 6.61. The summed E-state index contributed by atoms with van der Waals surface area (Å²) >= 11 is 0. The summed E-state index contributed by atoms with van der Waals surface area (Å²) in [6.07, 6.45) is 3.86. The molecule has 0 aromatic heterocycles. The number of piperidine rings is 1. The minimum atomic E-state index is -0.956. The van der Waals surface area contributed by atoms with Gasteiger partial charge in [-0.15, -0.1) is 0 Å². The summed E-state index contributed by atoms with van der Waals surface area (Å²) in [5.74, 6) is -1.02. The predicted octanol–water partition coefficient (Wildman–Crippen LogP) is 2.07. The molecule has 0 aliphatic carbocycles. The Labute approximate surface area is 109 Å². The lowest BCUT2D eigenvalue weighted by molar-refractivity contribution is -0.140. The molecule has 0 spiro atoms. The molecular formula is C13H24N2O3. The van der Waals surface area contributed by atoms with Gasteiger partial charge in [0.2, 0.25) is 0 Å². The first-order valence-corrected chi connectivity index (χ1v) is 6.77. The molecule has 3 atom stereocenters. The van der Waals surface area contributed by atoms with Crippen LogP contribution in [0.2, 0.25) is 0 Å². The molecule has 5 heteroatoms. The van der Waals surface area contributed by atoms with Gasteiger partial charge >= 0.3 is 12.0 Å². The van der Waals surface area contributed by atoms with E-state index in [4.69, 9.17) is 5.11 Å². The van der Waals surface area contributed by atoms with Crippen molar-refractivity contribution in [2.75, 3.05) is 6.54 Å². The highest BCUT2D eigenvalue weighted by atomic mass is 16.4. The van der Waals surface area contributed by atoms with Gasteiger partial charge in [0, 0.05) is 12.6 Å². The van der Waals surface area contributed by atoms with Crippen molar-refractivity contribution in [2.24, 2.45) is 5.92 Å². The second-order valence-electron chi connectivity index (χ2n) is 5.19. The molecule has 5 nitrogen and oxygen atoms in total. The van der Waals surface area contributed by atoms with Crippen molar-refractivity contribution in [3.63, 3.8) is 0 Å². The molecule has 1 aliphatic rings. The number of carbonyl (C=O) groups is 2. The van der Waals surface area contributed by atoms with Gasteiger partial charge in [0.1, 0.15) is 6.04 Å². The van der Waals surface area contributed by atoms with Crippen molar-refractivity contribution in [1.82, 2.24) is 10.2 Å². The molecule has 18 heavy (non-hydrogen) atoms. The van der Waals surface area contributed by atoms with E-state index in [1.54, 1.807) is 4.90 Å². The Morgan fingerprint density at radius 1 is 1.44 bits per heavy atom. The lowest BCUT2D eigenvalue weighted by Crippen LogP contribution is -2.53. The van der Waals surface area contributed by atoms with E-state index in [9.17, 15) is 9.59 Å². The number of carboxylic acids is 1. The van der Waals surface area contributed by atoms with Crippen LogP contribution in [0, 0.1) is 5.92 Å². The SMILES string of the molecule is CC[C@H](C)[C@H](NC(=O)N1CCCCC1C)C(=O)O. The molecule has 1 aliphatic heterocycles. The van der Waals surface area contributed by atoms with Crippen LogP contribution in [-0.2, 0) is 4.79 Å². The maximum atomic E-state index is 12.1. The fourth-order valence-electron chi connectivity index (χ4n) is 2.30.